The summed E-state index contributed by atoms with van der Waals surface area (Å²) in [4.78, 5) is 1.28. The summed E-state index contributed by atoms with van der Waals surface area (Å²) in [5.74, 6) is 0.958. The molecule has 4 heteroatoms. The van der Waals surface area contributed by atoms with Crippen LogP contribution in [0.4, 0.5) is 11.5 Å². The van der Waals surface area contributed by atoms with Crippen molar-refractivity contribution in [3.63, 3.8) is 0 Å². The molecule has 0 bridgehead atoms. The van der Waals surface area contributed by atoms with Gasteiger partial charge in [-0.1, -0.05) is 19.4 Å². The second kappa shape index (κ2) is 4.53. The van der Waals surface area contributed by atoms with Gasteiger partial charge in [0.15, 0.2) is 0 Å². The number of nitrogens with zero attached hydrogens (tertiary/aromatic N) is 2. The predicted octanol–water partition coefficient (Wildman–Crippen LogP) is 0.863. The van der Waals surface area contributed by atoms with Gasteiger partial charge in [-0.05, 0) is 18.6 Å². The minimum Gasteiger partial charge on any atom is -0.391 e. The molecule has 0 radical (unpaired) electrons. The zero-order chi connectivity index (χ0) is 11.5. The van der Waals surface area contributed by atoms with Crippen molar-refractivity contribution in [3.8, 4) is 0 Å². The van der Waals surface area contributed by atoms with Crippen LogP contribution in [0.3, 0.4) is 0 Å². The lowest BCUT2D eigenvalue weighted by atomic mass is 10.3. The number of aromatic nitrogens is 2. The van der Waals surface area contributed by atoms with Crippen molar-refractivity contribution in [1.82, 2.24) is 9.61 Å². The quantitative estimate of drug-likeness (QED) is 0.801. The molecular formula is C12H19N4+. The molecule has 4 nitrogen and oxygen atoms in total. The van der Waals surface area contributed by atoms with Crippen LogP contribution >= 0.6 is 0 Å². The smallest absolute Gasteiger partial charge is 0.268 e. The fourth-order valence-corrected chi connectivity index (χ4v) is 1.89. The number of unbranched alkanes of at least 4 members (excludes halogenated alkanes) is 1. The highest BCUT2D eigenvalue weighted by Gasteiger charge is 2.17. The SMILES string of the molecule is CCCC[NH+](C)c1nn2ccccc2c1N. The Morgan fingerprint density at radius 3 is 2.94 bits per heavy atom. The lowest BCUT2D eigenvalue weighted by molar-refractivity contribution is -0.812. The van der Waals surface area contributed by atoms with Gasteiger partial charge in [0.2, 0.25) is 0 Å². The topological polar surface area (TPSA) is 47.8 Å². The van der Waals surface area contributed by atoms with Gasteiger partial charge in [-0.2, -0.15) is 0 Å². The van der Waals surface area contributed by atoms with Crippen molar-refractivity contribution in [2.24, 2.45) is 0 Å². The van der Waals surface area contributed by atoms with Crippen LogP contribution in [0.5, 0.6) is 0 Å². The highest BCUT2D eigenvalue weighted by molar-refractivity contribution is 5.76. The van der Waals surface area contributed by atoms with Crippen LogP contribution in [-0.4, -0.2) is 23.2 Å². The molecule has 0 aliphatic rings. The summed E-state index contributed by atoms with van der Waals surface area (Å²) in [5, 5.41) is 4.52. The highest BCUT2D eigenvalue weighted by Crippen LogP contribution is 2.18. The van der Waals surface area contributed by atoms with Gasteiger partial charge in [0.05, 0.1) is 19.1 Å². The summed E-state index contributed by atoms with van der Waals surface area (Å²) >= 11 is 0. The first-order chi connectivity index (χ1) is 7.74. The second-order valence-corrected chi connectivity index (χ2v) is 4.18. The van der Waals surface area contributed by atoms with Crippen LogP contribution in [-0.2, 0) is 0 Å². The van der Waals surface area contributed by atoms with E-state index in [0.29, 0.717) is 0 Å². The molecule has 2 aromatic rings. The maximum atomic E-state index is 6.11. The summed E-state index contributed by atoms with van der Waals surface area (Å²) in [6, 6.07) is 5.95. The minimum absolute atomic E-state index is 0.800. The van der Waals surface area contributed by atoms with Crippen molar-refractivity contribution in [2.75, 3.05) is 19.3 Å². The first-order valence-corrected chi connectivity index (χ1v) is 5.79. The van der Waals surface area contributed by atoms with Gasteiger partial charge in [-0.25, -0.2) is 4.52 Å². The second-order valence-electron chi connectivity index (χ2n) is 4.18. The zero-order valence-corrected chi connectivity index (χ0v) is 9.90. The van der Waals surface area contributed by atoms with E-state index in [0.717, 1.165) is 23.6 Å². The van der Waals surface area contributed by atoms with E-state index in [9.17, 15) is 0 Å². The number of hydrogen-bond donors (Lipinski definition) is 2. The summed E-state index contributed by atoms with van der Waals surface area (Å²) < 4.78 is 1.85. The summed E-state index contributed by atoms with van der Waals surface area (Å²) in [5.41, 5.74) is 7.90. The summed E-state index contributed by atoms with van der Waals surface area (Å²) in [7, 11) is 2.12. The third-order valence-corrected chi connectivity index (χ3v) is 2.89. The average Bonchev–Trinajstić information content (AvgIpc) is 2.64. The summed E-state index contributed by atoms with van der Waals surface area (Å²) in [6.07, 6.45) is 4.33. The standard InChI is InChI=1S/C12H18N4/c1-3-4-8-15(2)12-11(13)10-7-5-6-9-16(10)14-12/h5-7,9H,3-4,8,13H2,1-2H3/p+1. The van der Waals surface area contributed by atoms with Crippen molar-refractivity contribution in [3.05, 3.63) is 24.4 Å². The van der Waals surface area contributed by atoms with E-state index in [4.69, 9.17) is 5.73 Å². The van der Waals surface area contributed by atoms with Crippen LogP contribution in [0.2, 0.25) is 0 Å². The monoisotopic (exact) mass is 219 g/mol. The molecule has 3 N–H and O–H groups in total. The predicted molar refractivity (Wildman–Crippen MR) is 65.9 cm³/mol. The van der Waals surface area contributed by atoms with Crippen LogP contribution in [0.25, 0.3) is 5.52 Å². The van der Waals surface area contributed by atoms with E-state index in [1.807, 2.05) is 28.9 Å². The van der Waals surface area contributed by atoms with E-state index in [1.165, 1.54) is 17.7 Å². The normalized spacial score (nSPS) is 13.1. The van der Waals surface area contributed by atoms with Crippen molar-refractivity contribution >= 4 is 17.0 Å². The number of anilines is 1. The van der Waals surface area contributed by atoms with E-state index in [1.54, 1.807) is 0 Å². The van der Waals surface area contributed by atoms with E-state index in [-0.39, 0.29) is 0 Å². The molecule has 0 aliphatic heterocycles. The Balaban J connectivity index is 2.33. The fourth-order valence-electron chi connectivity index (χ4n) is 1.89. The maximum Gasteiger partial charge on any atom is 0.268 e. The molecule has 0 spiro atoms. The largest absolute Gasteiger partial charge is 0.391 e. The molecule has 16 heavy (non-hydrogen) atoms. The third kappa shape index (κ3) is 1.88. The fraction of sp³-hybridized carbons (Fsp3) is 0.417. The number of nitrogen functional groups attached to an aromatic ring is 1. The molecule has 2 rings (SSSR count). The Bertz CT molecular complexity index is 475. The Labute approximate surface area is 95.7 Å². The molecule has 2 aromatic heterocycles. The number of quaternary nitrogens is 1. The lowest BCUT2D eigenvalue weighted by Gasteiger charge is -2.09. The highest BCUT2D eigenvalue weighted by atomic mass is 15.3. The number of fused-ring (bicyclic) bond motifs is 1. The number of rotatable bonds is 4. The molecule has 0 saturated carbocycles. The summed E-state index contributed by atoms with van der Waals surface area (Å²) in [6.45, 7) is 3.27. The lowest BCUT2D eigenvalue weighted by Crippen LogP contribution is -3.04. The minimum atomic E-state index is 0.800. The van der Waals surface area contributed by atoms with Crippen LogP contribution in [0.15, 0.2) is 24.4 Å². The molecule has 0 aromatic carbocycles. The molecule has 86 valence electrons. The average molecular weight is 219 g/mol. The van der Waals surface area contributed by atoms with Crippen molar-refractivity contribution in [1.29, 1.82) is 0 Å². The van der Waals surface area contributed by atoms with Gasteiger partial charge >= 0.3 is 0 Å². The van der Waals surface area contributed by atoms with Crippen LogP contribution in [0, 0.1) is 0 Å². The first kappa shape index (κ1) is 11.0. The van der Waals surface area contributed by atoms with Crippen LogP contribution in [0.1, 0.15) is 19.8 Å². The van der Waals surface area contributed by atoms with Gasteiger partial charge in [-0.3, -0.25) is 4.90 Å². The van der Waals surface area contributed by atoms with E-state index >= 15 is 0 Å². The number of nitrogens with one attached hydrogen (secondary N) is 1. The molecule has 0 amide bonds. The number of nitrogens with two attached hydrogens (primary N) is 1. The van der Waals surface area contributed by atoms with Gasteiger partial charge in [0.25, 0.3) is 5.82 Å². The molecule has 1 atom stereocenters. The van der Waals surface area contributed by atoms with Gasteiger partial charge < -0.3 is 5.73 Å². The molecular weight excluding hydrogens is 200 g/mol. The van der Waals surface area contributed by atoms with Gasteiger partial charge in [0.1, 0.15) is 5.69 Å². The number of pyridine rings is 1. The van der Waals surface area contributed by atoms with Crippen molar-refractivity contribution in [2.45, 2.75) is 19.8 Å². The zero-order valence-electron chi connectivity index (χ0n) is 9.90. The van der Waals surface area contributed by atoms with Gasteiger partial charge in [-0.15, -0.1) is 5.10 Å². The molecule has 0 aliphatic carbocycles. The maximum absolute atomic E-state index is 6.11. The molecule has 0 fully saturated rings. The Kier molecular flexibility index (Phi) is 3.10. The van der Waals surface area contributed by atoms with Gasteiger partial charge in [0, 0.05) is 6.20 Å². The molecule has 0 saturated heterocycles. The molecule has 1 unspecified atom stereocenters. The third-order valence-electron chi connectivity index (χ3n) is 2.89. The van der Waals surface area contributed by atoms with Crippen LogP contribution < -0.4 is 10.6 Å². The van der Waals surface area contributed by atoms with Crippen molar-refractivity contribution < 1.29 is 4.90 Å². The Morgan fingerprint density at radius 2 is 2.25 bits per heavy atom. The van der Waals surface area contributed by atoms with E-state index in [2.05, 4.69) is 19.1 Å². The Morgan fingerprint density at radius 1 is 1.44 bits per heavy atom. The molecule has 2 heterocycles. The first-order valence-electron chi connectivity index (χ1n) is 5.79. The number of hydrogen-bond acceptors (Lipinski definition) is 2. The van der Waals surface area contributed by atoms with E-state index < -0.39 is 0 Å². The Hall–Kier alpha value is -1.55.